The van der Waals surface area contributed by atoms with E-state index in [1.807, 2.05) is 0 Å². The van der Waals surface area contributed by atoms with Crippen LogP contribution < -0.4 is 0 Å². The third-order valence-electron chi connectivity index (χ3n) is 2.34. The Morgan fingerprint density at radius 3 is 2.48 bits per heavy atom. The van der Waals surface area contributed by atoms with Gasteiger partial charge in [0.1, 0.15) is 0 Å². The molecule has 0 bridgehead atoms. The first-order valence-electron chi connectivity index (χ1n) is 5.64. The molecule has 0 saturated heterocycles. The second kappa shape index (κ2) is 7.72. The minimum atomic E-state index is -4.69. The van der Waals surface area contributed by atoms with Gasteiger partial charge in [0.15, 0.2) is 0 Å². The third kappa shape index (κ3) is 5.14. The molecule has 0 atom stereocenters. The zero-order valence-corrected chi connectivity index (χ0v) is 11.7. The van der Waals surface area contributed by atoms with E-state index in [0.29, 0.717) is 6.21 Å². The van der Waals surface area contributed by atoms with Crippen LogP contribution in [0, 0.1) is 0 Å². The molecule has 0 aromatic heterocycles. The van der Waals surface area contributed by atoms with E-state index in [1.165, 1.54) is 12.1 Å². The SMILES string of the molecule is COC(=O)CSC(=C(C=NO)c1ccccc1)C(F)(F)F. The van der Waals surface area contributed by atoms with E-state index in [-0.39, 0.29) is 22.9 Å². The summed E-state index contributed by atoms with van der Waals surface area (Å²) in [5, 5.41) is 11.3. The number of methoxy groups -OCH3 is 1. The number of esters is 1. The highest BCUT2D eigenvalue weighted by molar-refractivity contribution is 8.04. The van der Waals surface area contributed by atoms with Crippen molar-refractivity contribution in [1.82, 2.24) is 0 Å². The van der Waals surface area contributed by atoms with Gasteiger partial charge in [-0.15, -0.1) is 11.8 Å². The number of ether oxygens (including phenoxy) is 1. The standard InChI is InChI=1S/C13H12F3NO3S/c1-20-11(18)8-21-12(13(14,15)16)10(7-17-19)9-5-3-2-4-6-9/h2-7,19H,8H2,1H3. The fourth-order valence-corrected chi connectivity index (χ4v) is 2.31. The lowest BCUT2D eigenvalue weighted by atomic mass is 10.1. The van der Waals surface area contributed by atoms with Gasteiger partial charge in [0.2, 0.25) is 0 Å². The van der Waals surface area contributed by atoms with Crippen LogP contribution in [-0.2, 0) is 9.53 Å². The predicted octanol–water partition coefficient (Wildman–Crippen LogP) is 3.33. The van der Waals surface area contributed by atoms with Crippen molar-refractivity contribution >= 4 is 29.5 Å². The van der Waals surface area contributed by atoms with Crippen molar-refractivity contribution in [3.63, 3.8) is 0 Å². The van der Waals surface area contributed by atoms with Crippen molar-refractivity contribution in [1.29, 1.82) is 0 Å². The number of hydrogen-bond acceptors (Lipinski definition) is 5. The molecule has 0 unspecified atom stereocenters. The van der Waals surface area contributed by atoms with E-state index < -0.39 is 22.8 Å². The predicted molar refractivity (Wildman–Crippen MR) is 74.2 cm³/mol. The molecule has 0 fully saturated rings. The molecule has 0 heterocycles. The van der Waals surface area contributed by atoms with Crippen LogP contribution in [0.4, 0.5) is 13.2 Å². The molecule has 0 radical (unpaired) electrons. The lowest BCUT2D eigenvalue weighted by Gasteiger charge is -2.14. The van der Waals surface area contributed by atoms with Gasteiger partial charge in [0.05, 0.1) is 24.0 Å². The molecule has 1 rings (SSSR count). The second-order valence-corrected chi connectivity index (χ2v) is 4.70. The molecule has 1 N–H and O–H groups in total. The highest BCUT2D eigenvalue weighted by Crippen LogP contribution is 2.39. The van der Waals surface area contributed by atoms with Gasteiger partial charge in [-0.2, -0.15) is 13.2 Å². The topological polar surface area (TPSA) is 58.9 Å². The molecule has 114 valence electrons. The number of rotatable bonds is 5. The molecule has 0 spiro atoms. The number of carbonyl (C=O) groups excluding carboxylic acids is 1. The van der Waals surface area contributed by atoms with Gasteiger partial charge in [-0.1, -0.05) is 35.5 Å². The fourth-order valence-electron chi connectivity index (χ4n) is 1.44. The summed E-state index contributed by atoms with van der Waals surface area (Å²) in [5.41, 5.74) is -0.0977. The molecule has 0 saturated carbocycles. The van der Waals surface area contributed by atoms with Crippen molar-refractivity contribution in [2.45, 2.75) is 6.18 Å². The Morgan fingerprint density at radius 2 is 2.00 bits per heavy atom. The summed E-state index contributed by atoms with van der Waals surface area (Å²) in [6, 6.07) is 7.65. The monoisotopic (exact) mass is 319 g/mol. The highest BCUT2D eigenvalue weighted by Gasteiger charge is 2.37. The lowest BCUT2D eigenvalue weighted by Crippen LogP contribution is -2.15. The van der Waals surface area contributed by atoms with Crippen LogP contribution >= 0.6 is 11.8 Å². The van der Waals surface area contributed by atoms with Crippen molar-refractivity contribution in [3.05, 3.63) is 40.8 Å². The fraction of sp³-hybridized carbons (Fsp3) is 0.231. The van der Waals surface area contributed by atoms with E-state index in [1.54, 1.807) is 18.2 Å². The molecule has 0 amide bonds. The maximum Gasteiger partial charge on any atom is 0.422 e. The van der Waals surface area contributed by atoms with Crippen LogP contribution in [0.3, 0.4) is 0 Å². The molecule has 1 aromatic carbocycles. The summed E-state index contributed by atoms with van der Waals surface area (Å²) < 4.78 is 43.8. The minimum absolute atomic E-state index is 0.222. The van der Waals surface area contributed by atoms with Gasteiger partial charge >= 0.3 is 12.1 Å². The molecule has 4 nitrogen and oxygen atoms in total. The zero-order valence-electron chi connectivity index (χ0n) is 10.9. The normalized spacial score (nSPS) is 13.1. The summed E-state index contributed by atoms with van der Waals surface area (Å²) in [6.45, 7) is 0. The van der Waals surface area contributed by atoms with Crippen LogP contribution in [0.25, 0.3) is 5.57 Å². The Kier molecular flexibility index (Phi) is 6.29. The number of alkyl halides is 3. The number of oxime groups is 1. The average molecular weight is 319 g/mol. The van der Waals surface area contributed by atoms with Gasteiger partial charge in [0, 0.05) is 5.57 Å². The Morgan fingerprint density at radius 1 is 1.38 bits per heavy atom. The molecule has 1 aromatic rings. The lowest BCUT2D eigenvalue weighted by molar-refractivity contribution is -0.137. The van der Waals surface area contributed by atoms with Crippen LogP contribution in [0.1, 0.15) is 5.56 Å². The Balaban J connectivity index is 3.29. The first-order chi connectivity index (χ1) is 9.90. The second-order valence-electron chi connectivity index (χ2n) is 3.72. The number of allylic oxidation sites excluding steroid dienone is 2. The summed E-state index contributed by atoms with van der Waals surface area (Å²) >= 11 is 0.282. The number of nitrogens with zero attached hydrogens (tertiary/aromatic N) is 1. The molecule has 8 heteroatoms. The molecule has 21 heavy (non-hydrogen) atoms. The van der Waals surface area contributed by atoms with E-state index in [4.69, 9.17) is 5.21 Å². The van der Waals surface area contributed by atoms with Gasteiger partial charge in [0.25, 0.3) is 0 Å². The van der Waals surface area contributed by atoms with E-state index in [0.717, 1.165) is 7.11 Å². The number of thioether (sulfide) groups is 1. The molecular weight excluding hydrogens is 307 g/mol. The van der Waals surface area contributed by atoms with Crippen LogP contribution in [0.2, 0.25) is 0 Å². The smallest absolute Gasteiger partial charge is 0.422 e. The van der Waals surface area contributed by atoms with Crippen LogP contribution in [-0.4, -0.2) is 36.4 Å². The molecule has 0 aliphatic rings. The van der Waals surface area contributed by atoms with Crippen LogP contribution in [0.15, 0.2) is 40.4 Å². The Hall–Kier alpha value is -1.96. The average Bonchev–Trinajstić information content (AvgIpc) is 2.45. The van der Waals surface area contributed by atoms with Gasteiger partial charge in [-0.3, -0.25) is 4.79 Å². The van der Waals surface area contributed by atoms with Gasteiger partial charge in [-0.05, 0) is 5.56 Å². The maximum atomic E-state index is 13.2. The Bertz CT molecular complexity index is 541. The van der Waals surface area contributed by atoms with E-state index >= 15 is 0 Å². The summed E-state index contributed by atoms with van der Waals surface area (Å²) in [6.07, 6.45) is -3.99. The maximum absolute atomic E-state index is 13.2. The minimum Gasteiger partial charge on any atom is -0.468 e. The van der Waals surface area contributed by atoms with E-state index in [2.05, 4.69) is 9.89 Å². The molecule has 0 aliphatic carbocycles. The number of hydrogen-bond donors (Lipinski definition) is 1. The van der Waals surface area contributed by atoms with Crippen molar-refractivity contribution in [2.24, 2.45) is 5.16 Å². The highest BCUT2D eigenvalue weighted by atomic mass is 32.2. The summed E-state index contributed by atoms with van der Waals surface area (Å²) in [7, 11) is 1.09. The number of benzene rings is 1. The van der Waals surface area contributed by atoms with Gasteiger partial charge in [-0.25, -0.2) is 0 Å². The first kappa shape index (κ1) is 17.1. The first-order valence-corrected chi connectivity index (χ1v) is 6.62. The number of carbonyl (C=O) groups is 1. The summed E-state index contributed by atoms with van der Waals surface area (Å²) in [4.78, 5) is 10.0. The van der Waals surface area contributed by atoms with E-state index in [9.17, 15) is 18.0 Å². The Labute approximate surface area is 123 Å². The zero-order chi connectivity index (χ0) is 15.9. The summed E-state index contributed by atoms with van der Waals surface area (Å²) in [5.74, 6) is -1.28. The largest absolute Gasteiger partial charge is 0.468 e. The third-order valence-corrected chi connectivity index (χ3v) is 3.46. The molecular formula is C13H12F3NO3S. The van der Waals surface area contributed by atoms with Crippen molar-refractivity contribution in [3.8, 4) is 0 Å². The van der Waals surface area contributed by atoms with Crippen molar-refractivity contribution in [2.75, 3.05) is 12.9 Å². The van der Waals surface area contributed by atoms with Gasteiger partial charge < -0.3 is 9.94 Å². The quantitative estimate of drug-likeness (QED) is 0.391. The van der Waals surface area contributed by atoms with Crippen molar-refractivity contribution < 1.29 is 27.9 Å². The van der Waals surface area contributed by atoms with Crippen LogP contribution in [0.5, 0.6) is 0 Å². The molecule has 0 aliphatic heterocycles. The number of halogens is 3.